The predicted octanol–water partition coefficient (Wildman–Crippen LogP) is 3.90. The van der Waals surface area contributed by atoms with Crippen LogP contribution in [0.15, 0.2) is 60.7 Å². The highest BCUT2D eigenvalue weighted by Crippen LogP contribution is 2.46. The van der Waals surface area contributed by atoms with E-state index in [1.165, 1.54) is 12.0 Å². The van der Waals surface area contributed by atoms with Gasteiger partial charge in [0.1, 0.15) is 6.17 Å². The molecule has 2 N–H and O–H groups in total. The van der Waals surface area contributed by atoms with Crippen LogP contribution < -0.4 is 5.32 Å². The fraction of sp³-hybridized carbons (Fsp3) is 0.519. The normalized spacial score (nSPS) is 31.5. The Bertz CT molecular complexity index is 912. The summed E-state index contributed by atoms with van der Waals surface area (Å²) < 4.78 is 14.0. The molecule has 2 aliphatic carbocycles. The van der Waals surface area contributed by atoms with E-state index < -0.39 is 11.8 Å². The van der Waals surface area contributed by atoms with Crippen LogP contribution in [0.5, 0.6) is 0 Å². The Morgan fingerprint density at radius 1 is 1.00 bits per heavy atom. The average molecular weight is 437 g/mol. The van der Waals surface area contributed by atoms with Crippen molar-refractivity contribution in [2.24, 2.45) is 23.7 Å². The number of halogens is 1. The largest absolute Gasteiger partial charge is 0.375 e. The van der Waals surface area contributed by atoms with Gasteiger partial charge >= 0.3 is 0 Å². The van der Waals surface area contributed by atoms with Crippen molar-refractivity contribution in [1.82, 2.24) is 10.2 Å². The molecule has 2 aromatic carbocycles. The lowest BCUT2D eigenvalue weighted by Crippen LogP contribution is -2.59. The highest BCUT2D eigenvalue weighted by Gasteiger charge is 2.50. The molecule has 2 bridgehead atoms. The molecule has 32 heavy (non-hydrogen) atoms. The van der Waals surface area contributed by atoms with Gasteiger partial charge in [-0.15, -0.1) is 0 Å². The van der Waals surface area contributed by atoms with E-state index in [1.807, 2.05) is 24.3 Å². The van der Waals surface area contributed by atoms with Crippen LogP contribution in [0.2, 0.25) is 0 Å². The number of hydrogen-bond donors (Lipinski definition) is 2. The lowest BCUT2D eigenvalue weighted by molar-refractivity contribution is -0.149. The van der Waals surface area contributed by atoms with Crippen molar-refractivity contribution < 1.29 is 14.3 Å². The van der Waals surface area contributed by atoms with Crippen LogP contribution in [0.3, 0.4) is 0 Å². The molecule has 4 nitrogen and oxygen atoms in total. The summed E-state index contributed by atoms with van der Waals surface area (Å²) in [4.78, 5) is 15.9. The molecule has 0 aromatic heterocycles. The first-order chi connectivity index (χ1) is 15.5. The van der Waals surface area contributed by atoms with Gasteiger partial charge < -0.3 is 10.4 Å². The molecule has 5 heteroatoms. The molecule has 2 aromatic rings. The monoisotopic (exact) mass is 436 g/mol. The molecule has 0 spiro atoms. The molecule has 170 valence electrons. The van der Waals surface area contributed by atoms with Crippen LogP contribution in [0, 0.1) is 23.7 Å². The summed E-state index contributed by atoms with van der Waals surface area (Å²) in [5.74, 6) is 0.883. The van der Waals surface area contributed by atoms with E-state index in [9.17, 15) is 14.3 Å². The zero-order valence-electron chi connectivity index (χ0n) is 18.5. The summed E-state index contributed by atoms with van der Waals surface area (Å²) in [6, 6.07) is 19.6. The van der Waals surface area contributed by atoms with E-state index in [-0.39, 0.29) is 18.2 Å². The number of amides is 1. The number of nitrogens with one attached hydrogen (secondary N) is 1. The molecule has 2 heterocycles. The van der Waals surface area contributed by atoms with Gasteiger partial charge in [0.15, 0.2) is 5.60 Å². The lowest BCUT2D eigenvalue weighted by atomic mass is 9.61. The Labute approximate surface area is 189 Å². The minimum Gasteiger partial charge on any atom is -0.375 e. The molecule has 4 aliphatic rings. The fourth-order valence-electron chi connectivity index (χ4n) is 6.28. The van der Waals surface area contributed by atoms with Crippen LogP contribution in [0.25, 0.3) is 0 Å². The summed E-state index contributed by atoms with van der Waals surface area (Å²) in [6.45, 7) is 3.68. The molecular formula is C27H33FN2O2. The van der Waals surface area contributed by atoms with Gasteiger partial charge in [0.2, 0.25) is 0 Å². The van der Waals surface area contributed by atoms with Crippen molar-refractivity contribution in [3.8, 4) is 0 Å². The number of rotatable bonds is 7. The number of nitrogens with zero attached hydrogens (tertiary/aromatic N) is 1. The van der Waals surface area contributed by atoms with Gasteiger partial charge in [-0.2, -0.15) is 0 Å². The number of piperidine rings is 2. The standard InChI is InChI=1S/C27H33FN2O2/c28-24-12-11-23(14-24)27(32,22-9-5-2-6-10-22)26(31)29-15-25-20-13-21(25)18-30(17-20)16-19-7-3-1-4-8-19/h1-10,20-21,23-25,32H,11-18H2,(H,29,31)/t20-,21-,23?,24?,27?/m0/s1. The lowest BCUT2D eigenvalue weighted by Gasteiger charge is -2.54. The van der Waals surface area contributed by atoms with Gasteiger partial charge in [0.05, 0.1) is 0 Å². The average Bonchev–Trinajstić information content (AvgIpc) is 3.26. The third-order valence-corrected chi connectivity index (χ3v) is 8.07. The molecule has 0 radical (unpaired) electrons. The van der Waals surface area contributed by atoms with E-state index in [0.717, 1.165) is 19.6 Å². The molecular weight excluding hydrogens is 403 g/mol. The van der Waals surface area contributed by atoms with Crippen molar-refractivity contribution in [3.63, 3.8) is 0 Å². The zero-order valence-corrected chi connectivity index (χ0v) is 18.5. The number of benzene rings is 2. The maximum atomic E-state index is 14.0. The van der Waals surface area contributed by atoms with Gasteiger partial charge in [0, 0.05) is 32.1 Å². The zero-order chi connectivity index (χ0) is 22.1. The van der Waals surface area contributed by atoms with Crippen molar-refractivity contribution in [1.29, 1.82) is 0 Å². The summed E-state index contributed by atoms with van der Waals surface area (Å²) in [7, 11) is 0. The van der Waals surface area contributed by atoms with E-state index in [4.69, 9.17) is 0 Å². The van der Waals surface area contributed by atoms with E-state index in [0.29, 0.717) is 42.7 Å². The summed E-state index contributed by atoms with van der Waals surface area (Å²) >= 11 is 0. The fourth-order valence-corrected chi connectivity index (χ4v) is 6.28. The van der Waals surface area contributed by atoms with Crippen LogP contribution >= 0.6 is 0 Å². The molecule has 1 amide bonds. The minimum absolute atomic E-state index is 0.238. The molecule has 4 fully saturated rings. The molecule has 5 atom stereocenters. The molecule has 2 saturated heterocycles. The highest BCUT2D eigenvalue weighted by molar-refractivity contribution is 5.86. The third-order valence-electron chi connectivity index (χ3n) is 8.07. The Morgan fingerprint density at radius 3 is 2.28 bits per heavy atom. The van der Waals surface area contributed by atoms with Crippen molar-refractivity contribution >= 4 is 5.91 Å². The van der Waals surface area contributed by atoms with Gasteiger partial charge in [-0.25, -0.2) is 4.39 Å². The SMILES string of the molecule is O=C(NCC1[C@H]2C[C@H]1CN(Cc1ccccc1)C2)C(O)(c1ccccc1)C1CCC(F)C1. The Morgan fingerprint density at radius 2 is 1.66 bits per heavy atom. The quantitative estimate of drug-likeness (QED) is 0.692. The van der Waals surface area contributed by atoms with Crippen molar-refractivity contribution in [2.45, 2.75) is 44.0 Å². The smallest absolute Gasteiger partial charge is 0.256 e. The first-order valence-electron chi connectivity index (χ1n) is 12.0. The van der Waals surface area contributed by atoms with Crippen LogP contribution in [-0.4, -0.2) is 41.7 Å². The second-order valence-corrected chi connectivity index (χ2v) is 10.0. The van der Waals surface area contributed by atoms with E-state index in [2.05, 4.69) is 34.5 Å². The number of alkyl halides is 1. The Balaban J connectivity index is 1.21. The molecule has 3 unspecified atom stereocenters. The molecule has 2 saturated carbocycles. The van der Waals surface area contributed by atoms with Crippen molar-refractivity contribution in [2.75, 3.05) is 19.6 Å². The maximum Gasteiger partial charge on any atom is 0.256 e. The number of hydrogen-bond acceptors (Lipinski definition) is 3. The Kier molecular flexibility index (Phi) is 6.04. The van der Waals surface area contributed by atoms with E-state index >= 15 is 0 Å². The summed E-state index contributed by atoms with van der Waals surface area (Å²) in [5.41, 5.74) is 0.245. The third kappa shape index (κ3) is 4.08. The molecule has 2 aliphatic heterocycles. The number of aliphatic hydroxyl groups is 1. The van der Waals surface area contributed by atoms with E-state index in [1.54, 1.807) is 12.1 Å². The van der Waals surface area contributed by atoms with Crippen LogP contribution in [-0.2, 0) is 16.9 Å². The minimum atomic E-state index is -1.67. The maximum absolute atomic E-state index is 14.0. The van der Waals surface area contributed by atoms with Crippen molar-refractivity contribution in [3.05, 3.63) is 71.8 Å². The predicted molar refractivity (Wildman–Crippen MR) is 122 cm³/mol. The second-order valence-electron chi connectivity index (χ2n) is 10.0. The Hall–Kier alpha value is -2.24. The topological polar surface area (TPSA) is 52.6 Å². The van der Waals surface area contributed by atoms with Crippen LogP contribution in [0.4, 0.5) is 4.39 Å². The first kappa shape index (κ1) is 21.6. The summed E-state index contributed by atoms with van der Waals surface area (Å²) in [6.07, 6.45) is 1.47. The molecule has 6 rings (SSSR count). The number of carbonyl (C=O) groups is 1. The number of carbonyl (C=O) groups excluding carboxylic acids is 1. The highest BCUT2D eigenvalue weighted by atomic mass is 19.1. The number of fused-ring (bicyclic) bond motifs is 2. The second kappa shape index (κ2) is 8.95. The van der Waals surface area contributed by atoms with Crippen LogP contribution in [0.1, 0.15) is 36.8 Å². The van der Waals surface area contributed by atoms with Gasteiger partial charge in [0.25, 0.3) is 5.91 Å². The summed E-state index contributed by atoms with van der Waals surface area (Å²) in [5, 5.41) is 14.7. The first-order valence-corrected chi connectivity index (χ1v) is 12.0. The van der Waals surface area contributed by atoms with Gasteiger partial charge in [-0.1, -0.05) is 60.7 Å². The van der Waals surface area contributed by atoms with Gasteiger partial charge in [-0.3, -0.25) is 9.69 Å². The van der Waals surface area contributed by atoms with Gasteiger partial charge in [-0.05, 0) is 54.6 Å².